The van der Waals surface area contributed by atoms with Crippen LogP contribution in [0.2, 0.25) is 0 Å². The number of hydrogen-bond acceptors (Lipinski definition) is 29. The quantitative estimate of drug-likeness (QED) is 0.0560. The summed E-state index contributed by atoms with van der Waals surface area (Å²) in [7, 11) is 0. The third-order valence-electron chi connectivity index (χ3n) is 12.6. The van der Waals surface area contributed by atoms with Gasteiger partial charge in [-0.2, -0.15) is 0 Å². The van der Waals surface area contributed by atoms with Crippen molar-refractivity contribution in [1.29, 1.82) is 0 Å². The average Bonchev–Trinajstić information content (AvgIpc) is 0.839. The van der Waals surface area contributed by atoms with Gasteiger partial charge in [-0.3, -0.25) is 86.9 Å². The fraction of sp³-hybridized carbons (Fsp3) is 0.822. The first kappa shape index (κ1) is 97.9. The normalized spacial score (nSPS) is 13.9. The van der Waals surface area contributed by atoms with E-state index in [9.17, 15) is 57.8 Å². The third-order valence-corrected chi connectivity index (χ3v) is 12.6. The van der Waals surface area contributed by atoms with Gasteiger partial charge in [-0.15, -0.1) is 0 Å². The van der Waals surface area contributed by atoms with E-state index in [-0.39, 0.29) is 26.2 Å². The second kappa shape index (κ2) is 40.7. The lowest BCUT2D eigenvalue weighted by Gasteiger charge is -2.36. The number of carboxylic acid groups (broad SMARTS) is 1. The van der Waals surface area contributed by atoms with Crippen LogP contribution in [0, 0.1) is 0 Å². The molecular weight excluding hydrogens is 1370 g/mol. The highest BCUT2D eigenvalue weighted by Gasteiger charge is 2.40. The summed E-state index contributed by atoms with van der Waals surface area (Å²) in [6, 6.07) is -5.77. The maximum Gasteiger partial charge on any atom is 0.328 e. The van der Waals surface area contributed by atoms with E-state index in [1.54, 1.807) is 208 Å². The molecule has 3 atom stereocenters. The summed E-state index contributed by atoms with van der Waals surface area (Å²) in [5.41, 5.74) is -10.5. The Balaban J connectivity index is 8.87. The molecule has 3 N–H and O–H groups in total. The Bertz CT molecular complexity index is 2800. The second-order valence-corrected chi connectivity index (χ2v) is 35.7. The van der Waals surface area contributed by atoms with Crippen molar-refractivity contribution in [3.05, 3.63) is 0 Å². The number of carbonyl (C=O) groups excluding carboxylic acids is 12. The van der Waals surface area contributed by atoms with Crippen molar-refractivity contribution in [2.45, 2.75) is 282 Å². The topological polar surface area (TPSA) is 378 Å². The molecule has 0 rings (SSSR count). The van der Waals surface area contributed by atoms with Crippen molar-refractivity contribution in [2.75, 3.05) is 111 Å². The first-order chi connectivity index (χ1) is 46.9. The number of rotatable bonds is 38. The van der Waals surface area contributed by atoms with Crippen LogP contribution in [0.15, 0.2) is 0 Å². The van der Waals surface area contributed by atoms with Gasteiger partial charge in [0.2, 0.25) is 11.8 Å². The summed E-state index contributed by atoms with van der Waals surface area (Å²) in [6.45, 7) is 38.5. The fourth-order valence-electron chi connectivity index (χ4n) is 9.52. The van der Waals surface area contributed by atoms with Gasteiger partial charge in [-0.1, -0.05) is 0 Å². The number of carboxylic acids is 1. The smallest absolute Gasteiger partial charge is 0.328 e. The van der Waals surface area contributed by atoms with Crippen LogP contribution < -0.4 is 10.6 Å². The largest absolute Gasteiger partial charge is 0.480 e. The predicted molar refractivity (Wildman–Crippen MR) is 388 cm³/mol. The van der Waals surface area contributed by atoms with E-state index >= 15 is 9.59 Å². The van der Waals surface area contributed by atoms with Crippen molar-refractivity contribution >= 4 is 77.5 Å². The summed E-state index contributed by atoms with van der Waals surface area (Å²) in [5.74, 6) is -12.6. The van der Waals surface area contributed by atoms with Crippen LogP contribution in [0.5, 0.6) is 0 Å². The van der Waals surface area contributed by atoms with E-state index < -0.39 is 237 Å². The second-order valence-electron chi connectivity index (χ2n) is 35.7. The van der Waals surface area contributed by atoms with Gasteiger partial charge in [0.1, 0.15) is 74.1 Å². The Morgan fingerprint density at radius 1 is 0.267 bits per heavy atom. The zero-order valence-electron chi connectivity index (χ0n) is 68.8. The number of nitrogens with zero attached hydrogens (tertiary/aromatic N) is 6. The van der Waals surface area contributed by atoms with Crippen LogP contribution in [0.3, 0.4) is 0 Å². The number of esters is 10. The minimum Gasteiger partial charge on any atom is -0.480 e. The van der Waals surface area contributed by atoms with Crippen molar-refractivity contribution in [1.82, 2.24) is 40.0 Å². The summed E-state index contributed by atoms with van der Waals surface area (Å²) in [5, 5.41) is 16.1. The zero-order valence-corrected chi connectivity index (χ0v) is 68.8. The Kier molecular flexibility index (Phi) is 38.0. The average molecular weight is 1500 g/mol. The monoisotopic (exact) mass is 1500 g/mol. The Hall–Kier alpha value is -7.13. The Morgan fingerprint density at radius 2 is 0.438 bits per heavy atom. The van der Waals surface area contributed by atoms with Crippen LogP contribution in [0.1, 0.15) is 208 Å². The van der Waals surface area contributed by atoms with Gasteiger partial charge < -0.3 is 63.1 Å². The van der Waals surface area contributed by atoms with Gasteiger partial charge in [0.25, 0.3) is 0 Å². The SMILES string of the molecule is CC(C)(C)OC(=O)CN(CCN(CC(=O)OC(C)(C)C)CC(C(=O)NC[C@@H](NC(=O)[C@H](CN(CCN(CC(=O)OC(C)(C)C)CC(=O)OC(C)(C)C)CC(=O)OC(C)(C)C)N(CC(=O)OC(C)(C)C)CC(=O)OC(C)(C)C)C(=O)O)N(CC(=O)OC(C)(C)C)CC(=O)OC(C)(C)C)CC(=O)OC(C)(C)C. The van der Waals surface area contributed by atoms with Crippen molar-refractivity contribution in [3.63, 3.8) is 0 Å². The summed E-state index contributed by atoms with van der Waals surface area (Å²) in [4.78, 5) is 190. The maximum atomic E-state index is 15.5. The van der Waals surface area contributed by atoms with E-state index in [0.717, 1.165) is 9.80 Å². The van der Waals surface area contributed by atoms with Crippen molar-refractivity contribution < 1.29 is 115 Å². The lowest BCUT2D eigenvalue weighted by Crippen LogP contribution is -2.61. The van der Waals surface area contributed by atoms with E-state index in [0.29, 0.717) is 0 Å². The lowest BCUT2D eigenvalue weighted by molar-refractivity contribution is -0.165. The molecular formula is C73H130N8O24. The minimum absolute atomic E-state index is 0.216. The summed E-state index contributed by atoms with van der Waals surface area (Å²) < 4.78 is 56.6. The van der Waals surface area contributed by atoms with E-state index in [4.69, 9.17) is 47.4 Å². The zero-order chi connectivity index (χ0) is 82.2. The molecule has 0 aromatic carbocycles. The summed E-state index contributed by atoms with van der Waals surface area (Å²) >= 11 is 0. The van der Waals surface area contributed by atoms with Gasteiger partial charge in [-0.05, 0) is 208 Å². The molecule has 1 unspecified atom stereocenters. The van der Waals surface area contributed by atoms with Gasteiger partial charge in [-0.25, -0.2) is 4.79 Å². The predicted octanol–water partition coefficient (Wildman–Crippen LogP) is 4.64. The van der Waals surface area contributed by atoms with Crippen molar-refractivity contribution in [2.24, 2.45) is 0 Å². The molecule has 606 valence electrons. The Labute approximate surface area is 623 Å². The van der Waals surface area contributed by atoms with Gasteiger partial charge >= 0.3 is 65.7 Å². The number of ether oxygens (including phenoxy) is 10. The molecule has 0 bridgehead atoms. The highest BCUT2D eigenvalue weighted by Crippen LogP contribution is 2.20. The molecule has 0 aliphatic heterocycles. The molecule has 0 aliphatic carbocycles. The van der Waals surface area contributed by atoms with Gasteiger partial charge in [0.05, 0.1) is 65.4 Å². The van der Waals surface area contributed by atoms with E-state index in [1.165, 1.54) is 19.6 Å². The molecule has 105 heavy (non-hydrogen) atoms. The van der Waals surface area contributed by atoms with Crippen LogP contribution in [-0.2, 0) is 110 Å². The number of aliphatic carboxylic acids is 1. The molecule has 0 heterocycles. The molecule has 0 saturated carbocycles. The van der Waals surface area contributed by atoms with Crippen LogP contribution >= 0.6 is 0 Å². The number of amides is 2. The molecule has 0 radical (unpaired) electrons. The lowest BCUT2D eigenvalue weighted by atomic mass is 10.1. The molecule has 0 aromatic rings. The Morgan fingerprint density at radius 3 is 0.629 bits per heavy atom. The van der Waals surface area contributed by atoms with Gasteiger partial charge in [0, 0.05) is 45.8 Å². The van der Waals surface area contributed by atoms with E-state index in [1.807, 2.05) is 0 Å². The van der Waals surface area contributed by atoms with Gasteiger partial charge in [0.15, 0.2) is 0 Å². The minimum atomic E-state index is -2.13. The van der Waals surface area contributed by atoms with Crippen LogP contribution in [0.4, 0.5) is 0 Å². The van der Waals surface area contributed by atoms with Crippen molar-refractivity contribution in [3.8, 4) is 0 Å². The molecule has 0 saturated heterocycles. The van der Waals surface area contributed by atoms with E-state index in [2.05, 4.69) is 10.6 Å². The molecule has 0 aromatic heterocycles. The highest BCUT2D eigenvalue weighted by atomic mass is 16.6. The molecule has 2 amide bonds. The molecule has 32 heteroatoms. The molecule has 0 spiro atoms. The maximum absolute atomic E-state index is 15.5. The molecule has 32 nitrogen and oxygen atoms in total. The van der Waals surface area contributed by atoms with Crippen LogP contribution in [0.25, 0.3) is 0 Å². The fourth-order valence-corrected chi connectivity index (χ4v) is 9.52. The number of hydrogen-bond donors (Lipinski definition) is 3. The van der Waals surface area contributed by atoms with Crippen LogP contribution in [-0.4, -0.2) is 297 Å². The summed E-state index contributed by atoms with van der Waals surface area (Å²) in [6.07, 6.45) is 0. The first-order valence-electron chi connectivity index (χ1n) is 35.3. The number of nitrogens with one attached hydrogen (secondary N) is 2. The molecule has 0 aliphatic rings. The number of carbonyl (C=O) groups is 13. The highest BCUT2D eigenvalue weighted by molar-refractivity contribution is 5.90. The first-order valence-corrected chi connectivity index (χ1v) is 35.3. The molecule has 0 fully saturated rings. The third kappa shape index (κ3) is 51.7. The standard InChI is InChI=1S/C73H130N8O24/c1-64(2,3)96-51(82)38-76(31-33-78(40-53(84)98-66(7,8)9)41-54(85)99-67(10,11)12)36-49(80(44-57(88)102-70(19,20)21)45-58(89)103-71(22,23)24)61(92)74-35-48(63(94)95)75-62(93)50(81(46-59(90)104-72(25,26)27)47-60(91)105-73(28,29)30)37-77(39-52(83)97-65(4,5)6)32-34-79(42-55(86)100-68(13,14)15)43-56(87)101-69(16,17)18/h48-50H,31-47H2,1-30H3,(H,74,92)(H,75,93)(H,94,95)/t48-,49?,50+/m1/s1.